The first-order valence-corrected chi connectivity index (χ1v) is 11.8. The maximum atomic E-state index is 13.2. The average Bonchev–Trinajstić information content (AvgIpc) is 2.79. The number of fused-ring (bicyclic) bond motifs is 1. The molecule has 0 unspecified atom stereocenters. The van der Waals surface area contributed by atoms with Crippen molar-refractivity contribution in [3.8, 4) is 0 Å². The lowest BCUT2D eigenvalue weighted by Crippen LogP contribution is -2.16. The zero-order valence-corrected chi connectivity index (χ0v) is 18.5. The van der Waals surface area contributed by atoms with Gasteiger partial charge in [-0.3, -0.25) is 4.72 Å². The minimum atomic E-state index is -3.99. The van der Waals surface area contributed by atoms with E-state index in [0.717, 1.165) is 24.2 Å². The van der Waals surface area contributed by atoms with Crippen molar-refractivity contribution >= 4 is 38.4 Å². The molecular weight excluding hydrogens is 427 g/mol. The third-order valence-corrected chi connectivity index (χ3v) is 6.64. The lowest BCUT2D eigenvalue weighted by molar-refractivity contribution is 0.599. The van der Waals surface area contributed by atoms with Crippen LogP contribution in [0.2, 0.25) is 0 Å². The van der Waals surface area contributed by atoms with E-state index in [0.29, 0.717) is 17.0 Å². The topological polar surface area (TPSA) is 84.0 Å². The summed E-state index contributed by atoms with van der Waals surface area (Å²) in [6.07, 6.45) is 1.04. The van der Waals surface area contributed by atoms with E-state index in [1.165, 1.54) is 17.7 Å². The molecule has 6 nitrogen and oxygen atoms in total. The van der Waals surface area contributed by atoms with Gasteiger partial charge in [0, 0.05) is 5.69 Å². The highest BCUT2D eigenvalue weighted by atomic mass is 32.2. The van der Waals surface area contributed by atoms with Crippen LogP contribution in [0.25, 0.3) is 11.0 Å². The molecule has 4 rings (SSSR count). The van der Waals surface area contributed by atoms with Crippen molar-refractivity contribution in [3.05, 3.63) is 84.2 Å². The number of hydrogen-bond acceptors (Lipinski definition) is 5. The molecule has 0 aliphatic heterocycles. The molecule has 1 atom stereocenters. The minimum Gasteiger partial charge on any atom is -0.337 e. The third-order valence-electron chi connectivity index (χ3n) is 5.28. The standard InChI is InChI=1S/C24H23FN4O2S/c1-3-16(2)17-8-12-19(13-9-17)26-23-24(28-22-7-5-4-6-21(22)27-23)29-32(30,31)20-14-10-18(25)11-15-20/h4-16H,3H2,1-2H3,(H,26,27)(H,28,29)/t16-/m1/s1. The second kappa shape index (κ2) is 8.92. The van der Waals surface area contributed by atoms with Crippen molar-refractivity contribution in [3.63, 3.8) is 0 Å². The molecule has 0 spiro atoms. The monoisotopic (exact) mass is 450 g/mol. The van der Waals surface area contributed by atoms with E-state index in [9.17, 15) is 12.8 Å². The number of anilines is 3. The second-order valence-electron chi connectivity index (χ2n) is 7.53. The zero-order valence-electron chi connectivity index (χ0n) is 17.7. The fraction of sp³-hybridized carbons (Fsp3) is 0.167. The van der Waals surface area contributed by atoms with Crippen LogP contribution in [0, 0.1) is 5.82 Å². The Hall–Kier alpha value is -3.52. The number of para-hydroxylation sites is 2. The Bertz CT molecular complexity index is 1340. The SMILES string of the molecule is CC[C@@H](C)c1ccc(Nc2nc3ccccc3nc2NS(=O)(=O)c2ccc(F)cc2)cc1. The molecule has 32 heavy (non-hydrogen) atoms. The Balaban J connectivity index is 1.71. The molecular formula is C24H23FN4O2S. The van der Waals surface area contributed by atoms with E-state index >= 15 is 0 Å². The summed E-state index contributed by atoms with van der Waals surface area (Å²) in [5, 5.41) is 3.17. The first-order chi connectivity index (χ1) is 15.4. The molecule has 4 aromatic rings. The number of nitrogens with one attached hydrogen (secondary N) is 2. The Morgan fingerprint density at radius 3 is 2.06 bits per heavy atom. The van der Waals surface area contributed by atoms with Crippen LogP contribution in [-0.2, 0) is 10.0 Å². The van der Waals surface area contributed by atoms with Gasteiger partial charge >= 0.3 is 0 Å². The molecule has 8 heteroatoms. The quantitative estimate of drug-likeness (QED) is 0.370. The third kappa shape index (κ3) is 4.70. The van der Waals surface area contributed by atoms with Gasteiger partial charge in [0.2, 0.25) is 0 Å². The van der Waals surface area contributed by atoms with Crippen molar-refractivity contribution in [2.24, 2.45) is 0 Å². The fourth-order valence-corrected chi connectivity index (χ4v) is 4.23. The minimum absolute atomic E-state index is 0.0547. The maximum absolute atomic E-state index is 13.2. The van der Waals surface area contributed by atoms with Crippen LogP contribution < -0.4 is 10.0 Å². The highest BCUT2D eigenvalue weighted by Crippen LogP contribution is 2.28. The maximum Gasteiger partial charge on any atom is 0.263 e. The van der Waals surface area contributed by atoms with Crippen molar-refractivity contribution in [1.29, 1.82) is 0 Å². The summed E-state index contributed by atoms with van der Waals surface area (Å²) in [4.78, 5) is 8.97. The van der Waals surface area contributed by atoms with Gasteiger partial charge in [0.15, 0.2) is 11.6 Å². The molecule has 3 aromatic carbocycles. The summed E-state index contributed by atoms with van der Waals surface area (Å²) in [5.74, 6) is 0.255. The predicted octanol–water partition coefficient (Wildman–Crippen LogP) is 5.83. The van der Waals surface area contributed by atoms with Crippen LogP contribution in [0.3, 0.4) is 0 Å². The van der Waals surface area contributed by atoms with Gasteiger partial charge in [-0.05, 0) is 66.4 Å². The number of aromatic nitrogens is 2. The molecule has 0 radical (unpaired) electrons. The van der Waals surface area contributed by atoms with Gasteiger partial charge in [0.25, 0.3) is 10.0 Å². The average molecular weight is 451 g/mol. The Labute approximate surface area is 186 Å². The van der Waals surface area contributed by atoms with E-state index in [-0.39, 0.29) is 16.5 Å². The summed E-state index contributed by atoms with van der Waals surface area (Å²) in [6.45, 7) is 4.31. The van der Waals surface area contributed by atoms with E-state index in [4.69, 9.17) is 0 Å². The smallest absolute Gasteiger partial charge is 0.263 e. The molecule has 164 valence electrons. The van der Waals surface area contributed by atoms with Gasteiger partial charge < -0.3 is 5.32 Å². The van der Waals surface area contributed by atoms with Crippen LogP contribution in [0.5, 0.6) is 0 Å². The largest absolute Gasteiger partial charge is 0.337 e. The van der Waals surface area contributed by atoms with E-state index in [1.807, 2.05) is 30.3 Å². The summed E-state index contributed by atoms with van der Waals surface area (Å²) < 4.78 is 41.5. The van der Waals surface area contributed by atoms with Gasteiger partial charge in [0.1, 0.15) is 5.82 Å². The van der Waals surface area contributed by atoms with Crippen molar-refractivity contribution in [2.45, 2.75) is 31.1 Å². The van der Waals surface area contributed by atoms with Gasteiger partial charge in [-0.1, -0.05) is 38.1 Å². The Morgan fingerprint density at radius 2 is 1.47 bits per heavy atom. The molecule has 0 amide bonds. The molecule has 0 fully saturated rings. The van der Waals surface area contributed by atoms with Crippen molar-refractivity contribution in [2.75, 3.05) is 10.0 Å². The van der Waals surface area contributed by atoms with Crippen molar-refractivity contribution in [1.82, 2.24) is 9.97 Å². The fourth-order valence-electron chi connectivity index (χ4n) is 3.23. The summed E-state index contributed by atoms with van der Waals surface area (Å²) in [5.41, 5.74) is 3.14. The van der Waals surface area contributed by atoms with Crippen molar-refractivity contribution < 1.29 is 12.8 Å². The molecule has 1 heterocycles. The number of nitrogens with zero attached hydrogens (tertiary/aromatic N) is 2. The Morgan fingerprint density at radius 1 is 0.875 bits per heavy atom. The molecule has 0 aliphatic carbocycles. The van der Waals surface area contributed by atoms with Crippen LogP contribution in [-0.4, -0.2) is 18.4 Å². The highest BCUT2D eigenvalue weighted by molar-refractivity contribution is 7.92. The van der Waals surface area contributed by atoms with Gasteiger partial charge in [-0.15, -0.1) is 0 Å². The highest BCUT2D eigenvalue weighted by Gasteiger charge is 2.19. The van der Waals surface area contributed by atoms with Gasteiger partial charge in [0.05, 0.1) is 15.9 Å². The lowest BCUT2D eigenvalue weighted by atomic mass is 9.99. The van der Waals surface area contributed by atoms with Gasteiger partial charge in [-0.2, -0.15) is 0 Å². The number of rotatable bonds is 7. The lowest BCUT2D eigenvalue weighted by Gasteiger charge is -2.15. The predicted molar refractivity (Wildman–Crippen MR) is 125 cm³/mol. The second-order valence-corrected chi connectivity index (χ2v) is 9.21. The first-order valence-electron chi connectivity index (χ1n) is 10.3. The van der Waals surface area contributed by atoms with Crippen LogP contribution >= 0.6 is 0 Å². The molecule has 0 saturated carbocycles. The Kier molecular flexibility index (Phi) is 6.05. The molecule has 2 N–H and O–H groups in total. The van der Waals surface area contributed by atoms with Crippen LogP contribution in [0.1, 0.15) is 31.7 Å². The molecule has 0 aliphatic rings. The number of hydrogen-bond donors (Lipinski definition) is 2. The summed E-state index contributed by atoms with van der Waals surface area (Å²) >= 11 is 0. The summed E-state index contributed by atoms with van der Waals surface area (Å²) in [7, 11) is -3.99. The van der Waals surface area contributed by atoms with E-state index in [1.54, 1.807) is 18.2 Å². The number of sulfonamides is 1. The van der Waals surface area contributed by atoms with Gasteiger partial charge in [-0.25, -0.2) is 22.8 Å². The molecule has 0 saturated heterocycles. The molecule has 0 bridgehead atoms. The molecule has 1 aromatic heterocycles. The first kappa shape index (κ1) is 21.7. The normalized spacial score (nSPS) is 12.5. The number of halogens is 1. The zero-order chi connectivity index (χ0) is 22.7. The van der Waals surface area contributed by atoms with E-state index in [2.05, 4.69) is 33.9 Å². The van der Waals surface area contributed by atoms with Crippen LogP contribution in [0.15, 0.2) is 77.7 Å². The summed E-state index contributed by atoms with van der Waals surface area (Å²) in [6, 6.07) is 19.7. The van der Waals surface area contributed by atoms with E-state index < -0.39 is 15.8 Å². The van der Waals surface area contributed by atoms with Crippen LogP contribution in [0.4, 0.5) is 21.7 Å². The number of benzene rings is 3.